The molecule has 0 bridgehead atoms. The van der Waals surface area contributed by atoms with Crippen LogP contribution in [0.25, 0.3) is 0 Å². The second-order valence-electron chi connectivity index (χ2n) is 5.51. The van der Waals surface area contributed by atoms with Gasteiger partial charge in [0.1, 0.15) is 0 Å². The first-order valence-corrected chi connectivity index (χ1v) is 7.27. The number of aromatic nitrogens is 1. The number of para-hydroxylation sites is 1. The number of hydrogen-bond acceptors (Lipinski definition) is 3. The number of nitrogens with zero attached hydrogens (tertiary/aromatic N) is 2. The molecule has 1 aromatic carbocycles. The molecule has 0 amide bonds. The van der Waals surface area contributed by atoms with Crippen LogP contribution in [0, 0.1) is 0 Å². The third-order valence-corrected chi connectivity index (χ3v) is 4.03. The fourth-order valence-corrected chi connectivity index (χ4v) is 3.18. The van der Waals surface area contributed by atoms with E-state index in [4.69, 9.17) is 5.73 Å². The molecule has 1 aliphatic heterocycles. The molecule has 2 atom stereocenters. The number of fused-ring (bicyclic) bond motifs is 1. The van der Waals surface area contributed by atoms with Gasteiger partial charge >= 0.3 is 0 Å². The van der Waals surface area contributed by atoms with Crippen molar-refractivity contribution in [1.29, 1.82) is 0 Å². The average molecular weight is 267 g/mol. The lowest BCUT2D eigenvalue weighted by Gasteiger charge is -2.40. The number of pyridine rings is 1. The van der Waals surface area contributed by atoms with Gasteiger partial charge in [-0.05, 0) is 49.1 Å². The lowest BCUT2D eigenvalue weighted by molar-refractivity contribution is 0.510. The second kappa shape index (κ2) is 5.63. The number of nitrogens with two attached hydrogens (primary N) is 1. The largest absolute Gasteiger partial charge is 0.363 e. The lowest BCUT2D eigenvalue weighted by atomic mass is 9.94. The highest BCUT2D eigenvalue weighted by Gasteiger charge is 2.27. The molecule has 0 saturated heterocycles. The molecule has 3 rings (SSSR count). The molecule has 2 N–H and O–H groups in total. The molecule has 3 heteroatoms. The van der Waals surface area contributed by atoms with Crippen molar-refractivity contribution >= 4 is 5.69 Å². The number of benzene rings is 1. The molecule has 0 radical (unpaired) electrons. The van der Waals surface area contributed by atoms with Gasteiger partial charge in [-0.1, -0.05) is 18.2 Å². The van der Waals surface area contributed by atoms with Gasteiger partial charge in [0.15, 0.2) is 0 Å². The predicted octanol–water partition coefficient (Wildman–Crippen LogP) is 2.92. The summed E-state index contributed by atoms with van der Waals surface area (Å²) in [4.78, 5) is 6.57. The number of hydrogen-bond donors (Lipinski definition) is 1. The summed E-state index contributed by atoms with van der Waals surface area (Å²) in [7, 11) is 0. The van der Waals surface area contributed by atoms with Gasteiger partial charge in [-0.2, -0.15) is 0 Å². The summed E-state index contributed by atoms with van der Waals surface area (Å²) in [5.41, 5.74) is 10.3. The van der Waals surface area contributed by atoms with E-state index in [1.807, 2.05) is 12.4 Å². The zero-order valence-electron chi connectivity index (χ0n) is 11.9. The predicted molar refractivity (Wildman–Crippen MR) is 82.7 cm³/mol. The van der Waals surface area contributed by atoms with E-state index in [0.717, 1.165) is 13.0 Å². The van der Waals surface area contributed by atoms with E-state index < -0.39 is 0 Å². The molecule has 3 nitrogen and oxygen atoms in total. The van der Waals surface area contributed by atoms with Gasteiger partial charge in [-0.15, -0.1) is 0 Å². The Kier molecular flexibility index (Phi) is 3.70. The normalized spacial score (nSPS) is 17.4. The summed E-state index contributed by atoms with van der Waals surface area (Å²) in [6.45, 7) is 3.15. The number of aryl methyl sites for hydroxylation is 1. The van der Waals surface area contributed by atoms with E-state index in [9.17, 15) is 0 Å². The highest BCUT2D eigenvalue weighted by atomic mass is 15.2. The van der Waals surface area contributed by atoms with Crippen LogP contribution in [0.4, 0.5) is 5.69 Å². The first-order chi connectivity index (χ1) is 9.77. The van der Waals surface area contributed by atoms with E-state index in [2.05, 4.69) is 53.2 Å². The smallest absolute Gasteiger partial charge is 0.0691 e. The van der Waals surface area contributed by atoms with Crippen LogP contribution in [-0.2, 0) is 6.42 Å². The maximum absolute atomic E-state index is 6.29. The summed E-state index contributed by atoms with van der Waals surface area (Å²) in [6, 6.07) is 13.1. The third kappa shape index (κ3) is 2.41. The molecule has 1 aromatic heterocycles. The summed E-state index contributed by atoms with van der Waals surface area (Å²) >= 11 is 0. The van der Waals surface area contributed by atoms with E-state index in [0.29, 0.717) is 0 Å². The Bertz CT molecular complexity index is 565. The highest BCUT2D eigenvalue weighted by molar-refractivity contribution is 5.57. The van der Waals surface area contributed by atoms with Crippen molar-refractivity contribution in [2.24, 2.45) is 5.73 Å². The first-order valence-electron chi connectivity index (χ1n) is 7.27. The third-order valence-electron chi connectivity index (χ3n) is 4.03. The van der Waals surface area contributed by atoms with Gasteiger partial charge in [0.25, 0.3) is 0 Å². The number of anilines is 1. The van der Waals surface area contributed by atoms with Crippen LogP contribution in [0.15, 0.2) is 48.8 Å². The van der Waals surface area contributed by atoms with Crippen molar-refractivity contribution in [2.75, 3.05) is 11.4 Å². The van der Waals surface area contributed by atoms with Crippen molar-refractivity contribution in [3.8, 4) is 0 Å². The van der Waals surface area contributed by atoms with Crippen molar-refractivity contribution in [3.63, 3.8) is 0 Å². The fourth-order valence-electron chi connectivity index (χ4n) is 3.18. The van der Waals surface area contributed by atoms with E-state index in [1.54, 1.807) is 0 Å². The van der Waals surface area contributed by atoms with E-state index in [1.165, 1.54) is 23.2 Å². The van der Waals surface area contributed by atoms with Crippen LogP contribution in [0.3, 0.4) is 0 Å². The second-order valence-corrected chi connectivity index (χ2v) is 5.51. The molecule has 2 heterocycles. The highest BCUT2D eigenvalue weighted by Crippen LogP contribution is 2.35. The van der Waals surface area contributed by atoms with Crippen LogP contribution in [0.5, 0.6) is 0 Å². The maximum atomic E-state index is 6.29. The Morgan fingerprint density at radius 1 is 1.15 bits per heavy atom. The average Bonchev–Trinajstić information content (AvgIpc) is 2.48. The van der Waals surface area contributed by atoms with Crippen molar-refractivity contribution in [2.45, 2.75) is 31.8 Å². The molecule has 0 fully saturated rings. The minimum atomic E-state index is 0.0727. The Balaban J connectivity index is 2.02. The van der Waals surface area contributed by atoms with Gasteiger partial charge in [0.2, 0.25) is 0 Å². The van der Waals surface area contributed by atoms with Crippen LogP contribution in [0.1, 0.15) is 30.5 Å². The van der Waals surface area contributed by atoms with Gasteiger partial charge < -0.3 is 10.6 Å². The molecular formula is C17H21N3. The monoisotopic (exact) mass is 267 g/mol. The lowest BCUT2D eigenvalue weighted by Crippen LogP contribution is -2.42. The molecule has 104 valence electrons. The Hall–Kier alpha value is -1.87. The minimum absolute atomic E-state index is 0.0727. The molecule has 2 aromatic rings. The van der Waals surface area contributed by atoms with Crippen molar-refractivity contribution < 1.29 is 0 Å². The van der Waals surface area contributed by atoms with Gasteiger partial charge in [0.05, 0.1) is 6.04 Å². The van der Waals surface area contributed by atoms with Crippen LogP contribution < -0.4 is 10.6 Å². The van der Waals surface area contributed by atoms with E-state index >= 15 is 0 Å². The summed E-state index contributed by atoms with van der Waals surface area (Å²) < 4.78 is 0. The maximum Gasteiger partial charge on any atom is 0.0691 e. The molecule has 0 spiro atoms. The summed E-state index contributed by atoms with van der Waals surface area (Å²) in [6.07, 6.45) is 6.04. The van der Waals surface area contributed by atoms with Gasteiger partial charge in [-0.25, -0.2) is 0 Å². The molecule has 1 aliphatic rings. The van der Waals surface area contributed by atoms with Gasteiger partial charge in [-0.3, -0.25) is 4.98 Å². The van der Waals surface area contributed by atoms with Crippen molar-refractivity contribution in [3.05, 3.63) is 59.9 Å². The fraction of sp³-hybridized carbons (Fsp3) is 0.353. The van der Waals surface area contributed by atoms with Crippen LogP contribution >= 0.6 is 0 Å². The summed E-state index contributed by atoms with van der Waals surface area (Å²) in [5.74, 6) is 0. The number of rotatable bonds is 3. The zero-order chi connectivity index (χ0) is 13.9. The quantitative estimate of drug-likeness (QED) is 0.929. The van der Waals surface area contributed by atoms with E-state index in [-0.39, 0.29) is 12.1 Å². The van der Waals surface area contributed by atoms with Crippen LogP contribution in [0.2, 0.25) is 0 Å². The van der Waals surface area contributed by atoms with Gasteiger partial charge in [0, 0.05) is 30.7 Å². The minimum Gasteiger partial charge on any atom is -0.363 e. The molecule has 0 aliphatic carbocycles. The first kappa shape index (κ1) is 13.1. The SMILES string of the molecule is CC(N)C(c1ccncc1)N1CCCc2ccccc21. The van der Waals surface area contributed by atoms with Crippen LogP contribution in [-0.4, -0.2) is 17.6 Å². The molecule has 20 heavy (non-hydrogen) atoms. The zero-order valence-corrected chi connectivity index (χ0v) is 11.9. The molecule has 2 unspecified atom stereocenters. The Labute approximate surface area is 120 Å². The standard InChI is InChI=1S/C17H21N3/c1-13(18)17(15-8-10-19-11-9-15)20-12-4-6-14-5-2-3-7-16(14)20/h2-3,5,7-11,13,17H,4,6,12,18H2,1H3. The summed E-state index contributed by atoms with van der Waals surface area (Å²) in [5, 5.41) is 0. The topological polar surface area (TPSA) is 42.1 Å². The van der Waals surface area contributed by atoms with Crippen molar-refractivity contribution in [1.82, 2.24) is 4.98 Å². The molecule has 0 saturated carbocycles. The Morgan fingerprint density at radius 3 is 2.65 bits per heavy atom. The Morgan fingerprint density at radius 2 is 1.90 bits per heavy atom. The molecular weight excluding hydrogens is 246 g/mol.